The molecule has 0 radical (unpaired) electrons. The number of ether oxygens (including phenoxy) is 1. The van der Waals surface area contributed by atoms with Crippen molar-refractivity contribution in [2.45, 2.75) is 45.5 Å². The average molecular weight is 311 g/mol. The standard InChI is InChI=1S/C18H22BNO3/c1-17(2)18(3,4)23-19(22-17)15-6-5-7-16(12-15)21-13-14-8-10-20-11-9-14/h5-12H,13H2,1-4H3. The third kappa shape index (κ3) is 3.41. The van der Waals surface area contributed by atoms with Gasteiger partial charge in [0.05, 0.1) is 11.2 Å². The van der Waals surface area contributed by atoms with Gasteiger partial charge in [0.15, 0.2) is 0 Å². The van der Waals surface area contributed by atoms with E-state index < -0.39 is 0 Å². The van der Waals surface area contributed by atoms with Gasteiger partial charge in [-0.25, -0.2) is 0 Å². The first kappa shape index (κ1) is 16.0. The fourth-order valence-corrected chi connectivity index (χ4v) is 2.38. The van der Waals surface area contributed by atoms with Crippen LogP contribution in [-0.2, 0) is 15.9 Å². The molecule has 0 unspecified atom stereocenters. The van der Waals surface area contributed by atoms with Crippen molar-refractivity contribution in [3.05, 3.63) is 54.4 Å². The van der Waals surface area contributed by atoms with Gasteiger partial charge in [-0.2, -0.15) is 0 Å². The smallest absolute Gasteiger partial charge is 0.489 e. The van der Waals surface area contributed by atoms with Crippen molar-refractivity contribution in [2.75, 3.05) is 0 Å². The Balaban J connectivity index is 1.71. The van der Waals surface area contributed by atoms with Gasteiger partial charge in [-0.15, -0.1) is 0 Å². The fourth-order valence-electron chi connectivity index (χ4n) is 2.38. The highest BCUT2D eigenvalue weighted by Gasteiger charge is 2.51. The summed E-state index contributed by atoms with van der Waals surface area (Å²) in [4.78, 5) is 4.01. The van der Waals surface area contributed by atoms with Gasteiger partial charge in [0.25, 0.3) is 0 Å². The van der Waals surface area contributed by atoms with Crippen LogP contribution in [0.5, 0.6) is 5.75 Å². The van der Waals surface area contributed by atoms with Gasteiger partial charge in [-0.1, -0.05) is 12.1 Å². The molecule has 1 fully saturated rings. The highest BCUT2D eigenvalue weighted by Crippen LogP contribution is 2.36. The van der Waals surface area contributed by atoms with E-state index in [1.807, 2.05) is 36.4 Å². The minimum Gasteiger partial charge on any atom is -0.489 e. The lowest BCUT2D eigenvalue weighted by atomic mass is 9.79. The van der Waals surface area contributed by atoms with Gasteiger partial charge < -0.3 is 14.0 Å². The molecule has 1 aliphatic heterocycles. The maximum absolute atomic E-state index is 6.08. The summed E-state index contributed by atoms with van der Waals surface area (Å²) in [6.45, 7) is 8.72. The second kappa shape index (κ2) is 5.98. The van der Waals surface area contributed by atoms with Gasteiger partial charge in [0.2, 0.25) is 0 Å². The Labute approximate surface area is 137 Å². The summed E-state index contributed by atoms with van der Waals surface area (Å²) in [5.41, 5.74) is 1.37. The summed E-state index contributed by atoms with van der Waals surface area (Å²) >= 11 is 0. The second-order valence-electron chi connectivity index (χ2n) is 6.80. The third-order valence-corrected chi connectivity index (χ3v) is 4.54. The predicted octanol–water partition coefficient (Wildman–Crippen LogP) is 2.96. The quantitative estimate of drug-likeness (QED) is 0.814. The van der Waals surface area contributed by atoms with Gasteiger partial charge in [-0.05, 0) is 63.0 Å². The van der Waals surface area contributed by atoms with Crippen molar-refractivity contribution in [3.63, 3.8) is 0 Å². The van der Waals surface area contributed by atoms with Gasteiger partial charge in [-0.3, -0.25) is 4.98 Å². The zero-order valence-corrected chi connectivity index (χ0v) is 14.1. The van der Waals surface area contributed by atoms with Crippen LogP contribution in [0, 0.1) is 0 Å². The lowest BCUT2D eigenvalue weighted by Gasteiger charge is -2.32. The zero-order chi connectivity index (χ0) is 16.5. The summed E-state index contributed by atoms with van der Waals surface area (Å²) in [6, 6.07) is 11.8. The lowest BCUT2D eigenvalue weighted by molar-refractivity contribution is 0.00578. The SMILES string of the molecule is CC1(C)OB(c2cccc(OCc3ccncc3)c2)OC1(C)C. The molecule has 0 saturated carbocycles. The van der Waals surface area contributed by atoms with Crippen molar-refractivity contribution in [1.82, 2.24) is 4.98 Å². The van der Waals surface area contributed by atoms with Crippen molar-refractivity contribution in [1.29, 1.82) is 0 Å². The maximum atomic E-state index is 6.08. The topological polar surface area (TPSA) is 40.6 Å². The van der Waals surface area contributed by atoms with Crippen LogP contribution in [0.25, 0.3) is 0 Å². The molecular formula is C18H22BNO3. The number of benzene rings is 1. The fraction of sp³-hybridized carbons (Fsp3) is 0.389. The van der Waals surface area contributed by atoms with Crippen LogP contribution in [0.2, 0.25) is 0 Å². The first-order chi connectivity index (χ1) is 10.9. The molecule has 2 heterocycles. The second-order valence-corrected chi connectivity index (χ2v) is 6.80. The highest BCUT2D eigenvalue weighted by molar-refractivity contribution is 6.62. The number of rotatable bonds is 4. The molecule has 0 atom stereocenters. The van der Waals surface area contributed by atoms with Crippen molar-refractivity contribution >= 4 is 12.6 Å². The van der Waals surface area contributed by atoms with Crippen LogP contribution in [0.15, 0.2) is 48.8 Å². The number of pyridine rings is 1. The summed E-state index contributed by atoms with van der Waals surface area (Å²) < 4.78 is 18.0. The van der Waals surface area contributed by atoms with Crippen LogP contribution in [0.1, 0.15) is 33.3 Å². The molecule has 0 amide bonds. The van der Waals surface area contributed by atoms with Gasteiger partial charge in [0.1, 0.15) is 12.4 Å². The Morgan fingerprint density at radius 3 is 2.30 bits per heavy atom. The maximum Gasteiger partial charge on any atom is 0.494 e. The molecular weight excluding hydrogens is 289 g/mol. The lowest BCUT2D eigenvalue weighted by Crippen LogP contribution is -2.41. The van der Waals surface area contributed by atoms with Gasteiger partial charge >= 0.3 is 7.12 Å². The minimum atomic E-state index is -0.371. The summed E-state index contributed by atoms with van der Waals surface area (Å²) in [5, 5.41) is 0. The number of hydrogen-bond acceptors (Lipinski definition) is 4. The van der Waals surface area contributed by atoms with E-state index >= 15 is 0 Å². The molecule has 0 aliphatic carbocycles. The summed E-state index contributed by atoms with van der Waals surface area (Å²) in [6.07, 6.45) is 3.53. The van der Waals surface area contributed by atoms with Crippen molar-refractivity contribution in [2.24, 2.45) is 0 Å². The summed E-state index contributed by atoms with van der Waals surface area (Å²) in [5.74, 6) is 0.800. The van der Waals surface area contributed by atoms with Crippen LogP contribution in [-0.4, -0.2) is 23.3 Å². The Morgan fingerprint density at radius 1 is 1.00 bits per heavy atom. The van der Waals surface area contributed by atoms with Crippen molar-refractivity contribution < 1.29 is 14.0 Å². The normalized spacial score (nSPS) is 18.9. The molecule has 0 spiro atoms. The summed E-state index contributed by atoms with van der Waals surface area (Å²) in [7, 11) is -0.371. The predicted molar refractivity (Wildman–Crippen MR) is 90.7 cm³/mol. The van der Waals surface area contributed by atoms with Gasteiger partial charge in [0, 0.05) is 12.4 Å². The van der Waals surface area contributed by atoms with E-state index in [1.54, 1.807) is 12.4 Å². The Bertz CT molecular complexity index is 657. The van der Waals surface area contributed by atoms with E-state index in [4.69, 9.17) is 14.0 Å². The first-order valence-corrected chi connectivity index (χ1v) is 7.85. The minimum absolute atomic E-state index is 0.342. The number of hydrogen-bond donors (Lipinski definition) is 0. The molecule has 120 valence electrons. The van der Waals surface area contributed by atoms with E-state index in [1.165, 1.54) is 0 Å². The molecule has 2 aromatic rings. The monoisotopic (exact) mass is 311 g/mol. The van der Waals surface area contributed by atoms with E-state index in [2.05, 4.69) is 32.7 Å². The van der Waals surface area contributed by atoms with E-state index in [9.17, 15) is 0 Å². The molecule has 1 aliphatic rings. The number of nitrogens with zero attached hydrogens (tertiary/aromatic N) is 1. The van der Waals surface area contributed by atoms with E-state index in [0.717, 1.165) is 16.8 Å². The van der Waals surface area contributed by atoms with Crippen LogP contribution in [0.4, 0.5) is 0 Å². The largest absolute Gasteiger partial charge is 0.494 e. The molecule has 1 saturated heterocycles. The van der Waals surface area contributed by atoms with E-state index in [0.29, 0.717) is 6.61 Å². The molecule has 1 aromatic heterocycles. The Hall–Kier alpha value is -1.85. The Kier molecular flexibility index (Phi) is 4.17. The zero-order valence-electron chi connectivity index (χ0n) is 14.1. The molecule has 4 nitrogen and oxygen atoms in total. The average Bonchev–Trinajstić information content (AvgIpc) is 2.75. The molecule has 0 bridgehead atoms. The van der Waals surface area contributed by atoms with Crippen LogP contribution < -0.4 is 10.2 Å². The van der Waals surface area contributed by atoms with Crippen LogP contribution in [0.3, 0.4) is 0 Å². The molecule has 5 heteroatoms. The molecule has 3 rings (SSSR count). The third-order valence-electron chi connectivity index (χ3n) is 4.54. The molecule has 23 heavy (non-hydrogen) atoms. The number of aromatic nitrogens is 1. The Morgan fingerprint density at radius 2 is 1.65 bits per heavy atom. The molecule has 1 aromatic carbocycles. The first-order valence-electron chi connectivity index (χ1n) is 7.85. The molecule has 0 N–H and O–H groups in total. The van der Waals surface area contributed by atoms with Crippen molar-refractivity contribution in [3.8, 4) is 5.75 Å². The van der Waals surface area contributed by atoms with Crippen LogP contribution >= 0.6 is 0 Å². The van der Waals surface area contributed by atoms with E-state index in [-0.39, 0.29) is 18.3 Å². The highest BCUT2D eigenvalue weighted by atomic mass is 16.7.